The number of hydrogen-bond donors (Lipinski definition) is 0. The van der Waals surface area contributed by atoms with E-state index in [-0.39, 0.29) is 21.7 Å². The van der Waals surface area contributed by atoms with Crippen molar-refractivity contribution in [1.82, 2.24) is 54.8 Å². The Balaban J connectivity index is 0.000000104. The van der Waals surface area contributed by atoms with Gasteiger partial charge in [-0.1, -0.05) is 326 Å². The van der Waals surface area contributed by atoms with Crippen molar-refractivity contribution in [3.63, 3.8) is 0 Å². The van der Waals surface area contributed by atoms with E-state index in [0.717, 1.165) is 89.7 Å². The molecule has 0 N–H and O–H groups in total. The molecule has 0 fully saturated rings. The largest absolute Gasteiger partial charge is 0.264 e. The van der Waals surface area contributed by atoms with Gasteiger partial charge in [-0.05, 0) is 314 Å². The molecule has 0 radical (unpaired) electrons. The minimum absolute atomic E-state index is 0.0611. The van der Waals surface area contributed by atoms with Gasteiger partial charge in [-0.3, -0.25) is 24.9 Å². The van der Waals surface area contributed by atoms with Gasteiger partial charge >= 0.3 is 0 Å². The fraction of sp³-hybridized carbons (Fsp3) is 0.120. The van der Waals surface area contributed by atoms with Crippen LogP contribution in [0.25, 0.3) is 252 Å². The second-order valence-electron chi connectivity index (χ2n) is 42.2. The van der Waals surface area contributed by atoms with Crippen LogP contribution in [0.1, 0.15) is 105 Å². The summed E-state index contributed by atoms with van der Waals surface area (Å²) in [5, 5.41) is 30.6. The van der Waals surface area contributed by atoms with Crippen LogP contribution in [0.4, 0.5) is 0 Å². The molecule has 8 heterocycles. The lowest BCUT2D eigenvalue weighted by Gasteiger charge is -2.23. The van der Waals surface area contributed by atoms with Gasteiger partial charge in [0.1, 0.15) is 12.7 Å². The highest BCUT2D eigenvalue weighted by atomic mass is 14.8. The molecule has 0 spiro atoms. The topological polar surface area (TPSA) is 142 Å². The fourth-order valence-corrected chi connectivity index (χ4v) is 21.5. The summed E-state index contributed by atoms with van der Waals surface area (Å²) in [5.74, 6) is 0. The Bertz CT molecular complexity index is 9000. The van der Waals surface area contributed by atoms with E-state index < -0.39 is 0 Å². The molecule has 8 aromatic heterocycles. The highest BCUT2D eigenvalue weighted by molar-refractivity contribution is 6.33. The molecule has 0 aliphatic heterocycles. The van der Waals surface area contributed by atoms with Crippen LogP contribution in [0.15, 0.2) is 408 Å². The van der Waals surface area contributed by atoms with Gasteiger partial charge in [0.2, 0.25) is 0 Å². The first kappa shape index (κ1) is 89.2. The van der Waals surface area contributed by atoms with Crippen molar-refractivity contribution in [2.24, 2.45) is 0 Å². The molecule has 690 valence electrons. The van der Waals surface area contributed by atoms with Crippen molar-refractivity contribution in [2.45, 2.75) is 105 Å². The van der Waals surface area contributed by atoms with Crippen LogP contribution < -0.4 is 0 Å². The molecule has 19 aromatic carbocycles. The number of hydrogen-bond acceptors (Lipinski definition) is 11. The Labute approximate surface area is 836 Å². The Hall–Kier alpha value is -17.4. The van der Waals surface area contributed by atoms with Gasteiger partial charge in [-0.2, -0.15) is 0 Å². The van der Waals surface area contributed by atoms with Crippen molar-refractivity contribution in [2.75, 3.05) is 0 Å². The second-order valence-corrected chi connectivity index (χ2v) is 42.2. The van der Waals surface area contributed by atoms with Crippen LogP contribution in [0.3, 0.4) is 0 Å². The molecule has 0 amide bonds. The Morgan fingerprint density at radius 1 is 0.167 bits per heavy atom. The van der Waals surface area contributed by atoms with E-state index in [1.807, 2.05) is 135 Å². The van der Waals surface area contributed by atoms with Gasteiger partial charge < -0.3 is 0 Å². The molecule has 144 heavy (non-hydrogen) atoms. The molecule has 0 bridgehead atoms. The summed E-state index contributed by atoms with van der Waals surface area (Å²) in [6.45, 7) is 27.3. The van der Waals surface area contributed by atoms with E-state index in [4.69, 9.17) is 19.9 Å². The third-order valence-corrected chi connectivity index (χ3v) is 28.9. The summed E-state index contributed by atoms with van der Waals surface area (Å²) in [6, 6.07) is 120. The van der Waals surface area contributed by atoms with E-state index >= 15 is 0 Å². The van der Waals surface area contributed by atoms with Gasteiger partial charge in [-0.15, -0.1) is 0 Å². The molecule has 11 heteroatoms. The summed E-state index contributed by atoms with van der Waals surface area (Å²) in [7, 11) is 0. The fourth-order valence-electron chi connectivity index (χ4n) is 21.5. The third-order valence-electron chi connectivity index (χ3n) is 28.9. The first-order valence-electron chi connectivity index (χ1n) is 49.5. The molecule has 0 unspecified atom stereocenters. The predicted molar refractivity (Wildman–Crippen MR) is 603 cm³/mol. The number of nitrogens with zero attached hydrogens (tertiary/aromatic N) is 11. The minimum atomic E-state index is 0.0611. The monoisotopic (exact) mass is 1850 g/mol. The minimum Gasteiger partial charge on any atom is -0.264 e. The van der Waals surface area contributed by atoms with Gasteiger partial charge in [0.15, 0.2) is 0 Å². The number of fused-ring (bicyclic) bond motifs is 1. The lowest BCUT2D eigenvalue weighted by molar-refractivity contribution is 0.591. The molecule has 0 aliphatic carbocycles. The maximum Gasteiger partial charge on any atom is 0.115 e. The molecule has 0 saturated carbocycles. The summed E-state index contributed by atoms with van der Waals surface area (Å²) < 4.78 is 0. The number of benzene rings is 19. The van der Waals surface area contributed by atoms with Crippen molar-refractivity contribution in [1.29, 1.82) is 0 Å². The van der Waals surface area contributed by atoms with E-state index in [0.29, 0.717) is 0 Å². The third kappa shape index (κ3) is 16.2. The number of pyridine rings is 5. The van der Waals surface area contributed by atoms with E-state index in [1.165, 1.54) is 185 Å². The Morgan fingerprint density at radius 2 is 0.451 bits per heavy atom. The van der Waals surface area contributed by atoms with E-state index in [2.05, 4.69) is 379 Å². The predicted octanol–water partition coefficient (Wildman–Crippen LogP) is 34.7. The maximum atomic E-state index is 5.05. The van der Waals surface area contributed by atoms with Crippen LogP contribution in [-0.2, 0) is 21.7 Å². The Kier molecular flexibility index (Phi) is 22.0. The zero-order valence-electron chi connectivity index (χ0n) is 82.6. The quantitative estimate of drug-likeness (QED) is 0.121. The highest BCUT2D eigenvalue weighted by Gasteiger charge is 2.29. The lowest BCUT2D eigenvalue weighted by Crippen LogP contribution is -2.10. The standard InChI is InChI=1S/C41H31N3.C34H26N2.C30H24N2.C28H22N4/c1-41(2,3)30-21-27-15-17-31-33(26-11-5-4-6-12-26)25-34(32-18-16-28(22-30)39(27)40(31)32)29-23-37(35-13-7-9-19-42-35)44-38(24-29)36-14-8-10-20-43-36;1-34(2,3)24-17-22-13-15-25-27(21-9-5-4-6-10-21)19-28(26-16-14-23(18-24)32(22)33(25)26)31-20-35-29-11-7-8-12-30(29)36-31;1-30(2,3)22-15-19-9-11-23-25(21-7-6-13-31-18-21)17-26(27-8-4-5-14-32-27)24-12-10-20(16-22)28(19)29(23)24;1-28(2,3)21-8-17-4-6-22-24(19-11-29-15-30-12-19)10-25(20-13-31-16-32-14-20)23-7-5-18(9-21)26(17)27(22)23/h4-25H,1-3H3;4-20H,1-3H3;4-18H,1-3H3;4-16H,1-3H3. The summed E-state index contributed by atoms with van der Waals surface area (Å²) in [6.07, 6.45) is 21.8. The SMILES string of the molecule is CC(C)(C)c1cc2ccc3c(-c4ccccc4)cc(-c4cc(-c5ccccn5)nc(-c5ccccn5)c4)c4ccc(c1)c2c34.CC(C)(C)c1cc2ccc3c(-c4ccccc4)cc(-c4cnc5ccccc5n4)c4ccc(c1)c2c34.CC(C)(C)c1cc2ccc3c(-c4cccnc4)cc(-c4ccccn4)c4ccc(c1)c2c34.CC(C)(C)c1cc2ccc3c(-c4cncnc4)cc(-c4cncnc4)c4ccc(c1)c2c34. The zero-order valence-corrected chi connectivity index (χ0v) is 82.6. The Morgan fingerprint density at radius 3 is 0.785 bits per heavy atom. The van der Waals surface area contributed by atoms with Crippen molar-refractivity contribution in [3.05, 3.63) is 431 Å². The lowest BCUT2D eigenvalue weighted by atomic mass is 9.81. The van der Waals surface area contributed by atoms with Crippen molar-refractivity contribution in [3.8, 4) is 112 Å². The normalized spacial score (nSPS) is 12.2. The second kappa shape index (κ2) is 35.4. The number of aromatic nitrogens is 11. The first-order chi connectivity index (χ1) is 69.9. The van der Waals surface area contributed by atoms with Gasteiger partial charge in [0, 0.05) is 83.6 Å². The van der Waals surface area contributed by atoms with Gasteiger partial charge in [0.25, 0.3) is 0 Å². The van der Waals surface area contributed by atoms with Gasteiger partial charge in [0.05, 0.1) is 51.4 Å². The van der Waals surface area contributed by atoms with Crippen LogP contribution in [0.2, 0.25) is 0 Å². The summed E-state index contributed by atoms with van der Waals surface area (Å²) in [5.41, 5.74) is 28.7. The molecular weight excluding hydrogens is 1750 g/mol. The smallest absolute Gasteiger partial charge is 0.115 e. The van der Waals surface area contributed by atoms with Crippen LogP contribution >= 0.6 is 0 Å². The zero-order chi connectivity index (χ0) is 98.0. The molecular formula is C133H103N11. The summed E-state index contributed by atoms with van der Waals surface area (Å²) >= 11 is 0. The molecule has 0 aliphatic rings. The van der Waals surface area contributed by atoms with Gasteiger partial charge in [-0.25, -0.2) is 29.9 Å². The average Bonchev–Trinajstić information content (AvgIpc) is 0.602. The molecule has 27 aromatic rings. The maximum absolute atomic E-state index is 5.05. The number of rotatable bonds is 10. The highest BCUT2D eigenvalue weighted by Crippen LogP contribution is 2.52. The molecule has 0 atom stereocenters. The molecule has 11 nitrogen and oxygen atoms in total. The van der Waals surface area contributed by atoms with Crippen LogP contribution in [0.5, 0.6) is 0 Å². The average molecular weight is 1860 g/mol. The van der Waals surface area contributed by atoms with E-state index in [1.54, 1.807) is 12.7 Å². The molecule has 0 saturated heterocycles. The van der Waals surface area contributed by atoms with E-state index in [9.17, 15) is 0 Å². The first-order valence-corrected chi connectivity index (χ1v) is 49.5. The number of para-hydroxylation sites is 2. The van der Waals surface area contributed by atoms with Crippen LogP contribution in [0, 0.1) is 0 Å². The summed E-state index contributed by atoms with van der Waals surface area (Å²) in [4.78, 5) is 50.4. The van der Waals surface area contributed by atoms with Crippen molar-refractivity contribution < 1.29 is 0 Å². The van der Waals surface area contributed by atoms with Crippen LogP contribution in [-0.4, -0.2) is 54.8 Å². The van der Waals surface area contributed by atoms with Crippen molar-refractivity contribution >= 4 is 140 Å². The molecule has 27 rings (SSSR count).